The van der Waals surface area contributed by atoms with Crippen LogP contribution in [-0.2, 0) is 11.3 Å². The summed E-state index contributed by atoms with van der Waals surface area (Å²) in [5.41, 5.74) is 0.691. The predicted molar refractivity (Wildman–Crippen MR) is 109 cm³/mol. The molecule has 5 heteroatoms. The number of hydrogen-bond donors (Lipinski definition) is 0. The van der Waals surface area contributed by atoms with Gasteiger partial charge in [-0.25, -0.2) is 9.18 Å². The van der Waals surface area contributed by atoms with Crippen molar-refractivity contribution in [3.8, 4) is 5.75 Å². The molecule has 0 saturated carbocycles. The van der Waals surface area contributed by atoms with Crippen molar-refractivity contribution in [2.75, 3.05) is 13.1 Å². The number of carbonyl (C=O) groups is 1. The number of likely N-dealkylation sites (tertiary alicyclic amines) is 1. The highest BCUT2D eigenvalue weighted by molar-refractivity contribution is 5.68. The zero-order valence-corrected chi connectivity index (χ0v) is 16.9. The van der Waals surface area contributed by atoms with Gasteiger partial charge in [0, 0.05) is 6.54 Å². The molecule has 0 aromatic heterocycles. The minimum atomic E-state index is -0.892. The predicted octanol–water partition coefficient (Wildman–Crippen LogP) is 5.62. The topological polar surface area (TPSA) is 38.8 Å². The van der Waals surface area contributed by atoms with E-state index in [1.54, 1.807) is 0 Å². The molecule has 0 spiro atoms. The van der Waals surface area contributed by atoms with Crippen LogP contribution in [-0.4, -0.2) is 35.9 Å². The van der Waals surface area contributed by atoms with Crippen molar-refractivity contribution in [2.24, 2.45) is 0 Å². The van der Waals surface area contributed by atoms with E-state index in [9.17, 15) is 9.18 Å². The molecule has 4 nitrogen and oxygen atoms in total. The third-order valence-corrected chi connectivity index (χ3v) is 4.01. The highest BCUT2D eigenvalue weighted by Gasteiger charge is 2.27. The average molecular weight is 387 g/mol. The number of nitrogens with zero attached hydrogens (tertiary/aromatic N) is 1. The Balaban J connectivity index is 0.000000200. The quantitative estimate of drug-likeness (QED) is 0.686. The Morgan fingerprint density at radius 2 is 1.68 bits per heavy atom. The van der Waals surface area contributed by atoms with Crippen LogP contribution < -0.4 is 4.74 Å². The van der Waals surface area contributed by atoms with E-state index in [2.05, 4.69) is 12.1 Å². The normalized spacial score (nSPS) is 16.6. The summed E-state index contributed by atoms with van der Waals surface area (Å²) in [5.74, 6) is 0.913. The Labute approximate surface area is 167 Å². The Bertz CT molecular complexity index is 661. The van der Waals surface area contributed by atoms with Gasteiger partial charge in [0.15, 0.2) is 0 Å². The largest absolute Gasteiger partial charge is 0.489 e. The number of amides is 1. The molecule has 2 aromatic carbocycles. The second kappa shape index (κ2) is 10.7. The van der Waals surface area contributed by atoms with E-state index in [0.717, 1.165) is 12.2 Å². The number of benzene rings is 2. The summed E-state index contributed by atoms with van der Waals surface area (Å²) >= 11 is 0. The van der Waals surface area contributed by atoms with Crippen molar-refractivity contribution in [3.63, 3.8) is 0 Å². The molecule has 0 aliphatic carbocycles. The van der Waals surface area contributed by atoms with E-state index in [-0.39, 0.29) is 6.54 Å². The fourth-order valence-electron chi connectivity index (χ4n) is 2.68. The van der Waals surface area contributed by atoms with Crippen molar-refractivity contribution >= 4 is 6.09 Å². The Morgan fingerprint density at radius 1 is 1.07 bits per heavy atom. The van der Waals surface area contributed by atoms with E-state index in [4.69, 9.17) is 9.47 Å². The molecule has 28 heavy (non-hydrogen) atoms. The van der Waals surface area contributed by atoms with Crippen LogP contribution in [0.3, 0.4) is 0 Å². The first-order valence-corrected chi connectivity index (χ1v) is 9.67. The molecular weight excluding hydrogens is 357 g/mol. The molecule has 1 aliphatic heterocycles. The van der Waals surface area contributed by atoms with Crippen LogP contribution in [0, 0.1) is 0 Å². The van der Waals surface area contributed by atoms with Gasteiger partial charge in [-0.3, -0.25) is 0 Å². The minimum absolute atomic E-state index is 0.176. The maximum Gasteiger partial charge on any atom is 0.410 e. The molecule has 0 bridgehead atoms. The SMILES string of the molecule is CC(C)(C)OC(=O)N1CCCC(F)C1.c1ccc(COc2ccccc2)cc1. The number of piperidine rings is 1. The zero-order valence-electron chi connectivity index (χ0n) is 16.9. The summed E-state index contributed by atoms with van der Waals surface area (Å²) in [6.07, 6.45) is -0.0178. The first-order chi connectivity index (χ1) is 13.3. The summed E-state index contributed by atoms with van der Waals surface area (Å²) in [6.45, 7) is 6.83. The molecule has 152 valence electrons. The molecule has 0 N–H and O–H groups in total. The first kappa shape index (κ1) is 21.7. The molecule has 1 saturated heterocycles. The zero-order chi connectivity index (χ0) is 20.4. The van der Waals surface area contributed by atoms with Crippen molar-refractivity contribution in [2.45, 2.75) is 52.0 Å². The monoisotopic (exact) mass is 387 g/mol. The minimum Gasteiger partial charge on any atom is -0.489 e. The third kappa shape index (κ3) is 8.42. The van der Waals surface area contributed by atoms with Crippen LogP contribution in [0.15, 0.2) is 60.7 Å². The average Bonchev–Trinajstić information content (AvgIpc) is 2.67. The van der Waals surface area contributed by atoms with Crippen LogP contribution in [0.2, 0.25) is 0 Å². The van der Waals surface area contributed by atoms with Crippen LogP contribution in [0.5, 0.6) is 5.75 Å². The third-order valence-electron chi connectivity index (χ3n) is 4.01. The van der Waals surface area contributed by atoms with Crippen molar-refractivity contribution in [1.29, 1.82) is 0 Å². The van der Waals surface area contributed by atoms with Gasteiger partial charge in [-0.05, 0) is 51.3 Å². The summed E-state index contributed by atoms with van der Waals surface area (Å²) in [6, 6.07) is 20.0. The maximum absolute atomic E-state index is 13.0. The molecule has 2 aromatic rings. The van der Waals surface area contributed by atoms with Gasteiger partial charge in [-0.2, -0.15) is 0 Å². The van der Waals surface area contributed by atoms with Gasteiger partial charge in [-0.1, -0.05) is 48.5 Å². The van der Waals surface area contributed by atoms with Crippen LogP contribution in [0.25, 0.3) is 0 Å². The van der Waals surface area contributed by atoms with Crippen molar-refractivity contribution in [1.82, 2.24) is 4.90 Å². The Morgan fingerprint density at radius 3 is 2.25 bits per heavy atom. The van der Waals surface area contributed by atoms with E-state index in [0.29, 0.717) is 19.6 Å². The lowest BCUT2D eigenvalue weighted by atomic mass is 10.1. The molecule has 0 radical (unpaired) electrons. The number of hydrogen-bond acceptors (Lipinski definition) is 3. The number of carbonyl (C=O) groups excluding carboxylic acids is 1. The van der Waals surface area contributed by atoms with Gasteiger partial charge in [0.05, 0.1) is 6.54 Å². The molecule has 1 unspecified atom stereocenters. The summed E-state index contributed by atoms with van der Waals surface area (Å²) < 4.78 is 23.7. The van der Waals surface area contributed by atoms with Crippen LogP contribution in [0.1, 0.15) is 39.2 Å². The van der Waals surface area contributed by atoms with E-state index < -0.39 is 17.9 Å². The fraction of sp³-hybridized carbons (Fsp3) is 0.435. The lowest BCUT2D eigenvalue weighted by molar-refractivity contribution is 0.0139. The molecule has 1 amide bonds. The van der Waals surface area contributed by atoms with E-state index in [1.165, 1.54) is 10.5 Å². The lowest BCUT2D eigenvalue weighted by Gasteiger charge is -2.31. The molecule has 1 atom stereocenters. The standard InChI is InChI=1S/C13H12O.C10H18FNO2/c1-3-7-12(8-4-1)11-14-13-9-5-2-6-10-13;1-10(2,3)14-9(13)12-6-4-5-8(11)7-12/h1-10H,11H2;8H,4-7H2,1-3H3. The second-order valence-electron chi connectivity index (χ2n) is 7.75. The van der Waals surface area contributed by atoms with Gasteiger partial charge in [0.2, 0.25) is 0 Å². The fourth-order valence-corrected chi connectivity index (χ4v) is 2.68. The van der Waals surface area contributed by atoms with E-state index in [1.807, 2.05) is 69.3 Å². The van der Waals surface area contributed by atoms with Gasteiger partial charge >= 0.3 is 6.09 Å². The van der Waals surface area contributed by atoms with Crippen LogP contribution in [0.4, 0.5) is 9.18 Å². The first-order valence-electron chi connectivity index (χ1n) is 9.67. The molecule has 1 heterocycles. The maximum atomic E-state index is 13.0. The van der Waals surface area contributed by atoms with Crippen molar-refractivity contribution in [3.05, 3.63) is 66.2 Å². The molecule has 1 fully saturated rings. The second-order valence-corrected chi connectivity index (χ2v) is 7.75. The van der Waals surface area contributed by atoms with Gasteiger partial charge < -0.3 is 14.4 Å². The lowest BCUT2D eigenvalue weighted by Crippen LogP contribution is -2.43. The Kier molecular flexibility index (Phi) is 8.30. The molecule has 3 rings (SSSR count). The number of ether oxygens (including phenoxy) is 2. The highest BCUT2D eigenvalue weighted by Crippen LogP contribution is 2.16. The number of rotatable bonds is 3. The number of alkyl halides is 1. The summed E-state index contributed by atoms with van der Waals surface area (Å²) in [4.78, 5) is 12.9. The van der Waals surface area contributed by atoms with Gasteiger partial charge in [0.25, 0.3) is 0 Å². The highest BCUT2D eigenvalue weighted by atomic mass is 19.1. The van der Waals surface area contributed by atoms with Gasteiger partial charge in [-0.15, -0.1) is 0 Å². The number of halogens is 1. The summed E-state index contributed by atoms with van der Waals surface area (Å²) in [7, 11) is 0. The van der Waals surface area contributed by atoms with Crippen molar-refractivity contribution < 1.29 is 18.7 Å². The van der Waals surface area contributed by atoms with Crippen LogP contribution >= 0.6 is 0 Å². The molecular formula is C23H30FNO3. The molecule has 1 aliphatic rings. The summed E-state index contributed by atoms with van der Waals surface area (Å²) in [5, 5.41) is 0. The smallest absolute Gasteiger partial charge is 0.410 e. The van der Waals surface area contributed by atoms with Gasteiger partial charge in [0.1, 0.15) is 24.1 Å². The number of para-hydroxylation sites is 1. The Hall–Kier alpha value is -2.56. The van der Waals surface area contributed by atoms with E-state index >= 15 is 0 Å².